The van der Waals surface area contributed by atoms with Gasteiger partial charge in [-0.2, -0.15) is 0 Å². The Kier molecular flexibility index (Phi) is 4.56. The largest absolute Gasteiger partial charge is 0.273 e. The van der Waals surface area contributed by atoms with Crippen molar-refractivity contribution < 1.29 is 9.59 Å². The van der Waals surface area contributed by atoms with E-state index in [1.807, 2.05) is 0 Å². The monoisotopic (exact) mass is 360 g/mol. The number of hydrogen-bond acceptors (Lipinski definition) is 5. The van der Waals surface area contributed by atoms with E-state index in [4.69, 9.17) is 23.8 Å². The van der Waals surface area contributed by atoms with Gasteiger partial charge in [-0.15, -0.1) is 0 Å². The van der Waals surface area contributed by atoms with E-state index in [1.165, 1.54) is 6.20 Å². The highest BCUT2D eigenvalue weighted by molar-refractivity contribution is 8.26. The maximum absolute atomic E-state index is 12.5. The molecular weight excluding hydrogens is 352 g/mol. The van der Waals surface area contributed by atoms with Crippen LogP contribution in [0, 0.1) is 0 Å². The number of pyridine rings is 1. The fourth-order valence-corrected chi connectivity index (χ4v) is 3.35. The van der Waals surface area contributed by atoms with Gasteiger partial charge >= 0.3 is 0 Å². The predicted molar refractivity (Wildman–Crippen MR) is 95.0 cm³/mol. The van der Waals surface area contributed by atoms with Crippen molar-refractivity contribution in [3.05, 3.63) is 69.8 Å². The van der Waals surface area contributed by atoms with Crippen LogP contribution in [0.3, 0.4) is 0 Å². The Morgan fingerprint density at radius 3 is 2.65 bits per heavy atom. The number of carbonyl (C=O) groups is 2. The van der Waals surface area contributed by atoms with Crippen LogP contribution in [0.25, 0.3) is 6.08 Å². The van der Waals surface area contributed by atoms with Crippen molar-refractivity contribution in [2.45, 2.75) is 0 Å². The van der Waals surface area contributed by atoms with Crippen LogP contribution in [-0.4, -0.2) is 26.0 Å². The molecule has 0 N–H and O–H groups in total. The van der Waals surface area contributed by atoms with Crippen molar-refractivity contribution >= 4 is 57.8 Å². The second-order valence-electron chi connectivity index (χ2n) is 4.62. The fourth-order valence-electron chi connectivity index (χ4n) is 1.97. The molecule has 2 amide bonds. The molecule has 23 heavy (non-hydrogen) atoms. The van der Waals surface area contributed by atoms with Crippen LogP contribution in [0.1, 0.15) is 15.9 Å². The van der Waals surface area contributed by atoms with E-state index in [0.29, 0.717) is 15.5 Å². The Balaban J connectivity index is 1.88. The van der Waals surface area contributed by atoms with Crippen LogP contribution < -0.4 is 0 Å². The smallest absolute Gasteiger partial charge is 0.268 e. The number of benzene rings is 1. The van der Waals surface area contributed by atoms with Crippen molar-refractivity contribution in [1.29, 1.82) is 0 Å². The number of hydrogen-bond donors (Lipinski definition) is 0. The lowest BCUT2D eigenvalue weighted by molar-refractivity contribution is -0.120. The van der Waals surface area contributed by atoms with Gasteiger partial charge in [-0.25, -0.2) is 4.90 Å². The first-order valence-electron chi connectivity index (χ1n) is 6.54. The molecule has 0 aliphatic carbocycles. The van der Waals surface area contributed by atoms with E-state index in [1.54, 1.807) is 48.7 Å². The van der Waals surface area contributed by atoms with Crippen molar-refractivity contribution in [2.75, 3.05) is 0 Å². The molecular formula is C16H9ClN2O2S2. The Labute approximate surface area is 147 Å². The van der Waals surface area contributed by atoms with Gasteiger partial charge in [-0.05, 0) is 35.9 Å². The van der Waals surface area contributed by atoms with Gasteiger partial charge in [0, 0.05) is 17.4 Å². The van der Waals surface area contributed by atoms with E-state index in [2.05, 4.69) is 4.98 Å². The summed E-state index contributed by atoms with van der Waals surface area (Å²) in [6.07, 6.45) is 4.65. The molecule has 7 heteroatoms. The quantitative estimate of drug-likeness (QED) is 0.463. The minimum absolute atomic E-state index is 0.212. The molecule has 1 fully saturated rings. The van der Waals surface area contributed by atoms with Crippen molar-refractivity contribution in [3.63, 3.8) is 0 Å². The van der Waals surface area contributed by atoms with Crippen molar-refractivity contribution in [3.8, 4) is 0 Å². The number of carbonyl (C=O) groups excluding carboxylic acids is 2. The van der Waals surface area contributed by atoms with Gasteiger partial charge in [0.25, 0.3) is 11.8 Å². The average Bonchev–Trinajstić information content (AvgIpc) is 2.84. The number of halogens is 1. The number of imide groups is 1. The minimum Gasteiger partial charge on any atom is -0.268 e. The third-order valence-electron chi connectivity index (χ3n) is 3.07. The molecule has 1 saturated heterocycles. The number of thioether (sulfide) groups is 1. The Morgan fingerprint density at radius 2 is 2.00 bits per heavy atom. The van der Waals surface area contributed by atoms with Gasteiger partial charge < -0.3 is 0 Å². The van der Waals surface area contributed by atoms with Gasteiger partial charge in [0.05, 0.1) is 10.5 Å². The van der Waals surface area contributed by atoms with Crippen LogP contribution in [0.15, 0.2) is 53.7 Å². The Morgan fingerprint density at radius 1 is 1.26 bits per heavy atom. The maximum Gasteiger partial charge on any atom is 0.273 e. The maximum atomic E-state index is 12.5. The van der Waals surface area contributed by atoms with E-state index >= 15 is 0 Å². The zero-order valence-corrected chi connectivity index (χ0v) is 14.0. The van der Waals surface area contributed by atoms with Crippen LogP contribution in [0.5, 0.6) is 0 Å². The number of thiocarbonyl (C=S) groups is 1. The molecule has 1 aliphatic heterocycles. The van der Waals surface area contributed by atoms with Gasteiger partial charge in [0.15, 0.2) is 4.32 Å². The fraction of sp³-hybridized carbons (Fsp3) is 0. The SMILES string of the molecule is O=C1C(=Cc2ccc(Cl)cc2)SC(=S)N1C(=O)c1cccnc1. The second kappa shape index (κ2) is 6.62. The molecule has 1 aromatic carbocycles. The third kappa shape index (κ3) is 3.34. The van der Waals surface area contributed by atoms with Crippen LogP contribution in [0.2, 0.25) is 5.02 Å². The predicted octanol–water partition coefficient (Wildman–Crippen LogP) is 3.78. The minimum atomic E-state index is -0.472. The van der Waals surface area contributed by atoms with Gasteiger partial charge in [0.1, 0.15) is 0 Å². The molecule has 114 valence electrons. The second-order valence-corrected chi connectivity index (χ2v) is 6.73. The molecule has 1 aliphatic rings. The molecule has 1 aromatic heterocycles. The summed E-state index contributed by atoms with van der Waals surface area (Å²) in [5.74, 6) is -0.899. The van der Waals surface area contributed by atoms with Gasteiger partial charge in [-0.1, -0.05) is 47.7 Å². The first kappa shape index (κ1) is 15.9. The summed E-state index contributed by atoms with van der Waals surface area (Å²) in [7, 11) is 0. The molecule has 0 atom stereocenters. The number of aromatic nitrogens is 1. The average molecular weight is 361 g/mol. The van der Waals surface area contributed by atoms with E-state index in [9.17, 15) is 9.59 Å². The normalized spacial score (nSPS) is 16.2. The van der Waals surface area contributed by atoms with E-state index in [-0.39, 0.29) is 4.32 Å². The summed E-state index contributed by atoms with van der Waals surface area (Å²) in [5.41, 5.74) is 1.13. The van der Waals surface area contributed by atoms with Crippen LogP contribution in [0.4, 0.5) is 0 Å². The summed E-state index contributed by atoms with van der Waals surface area (Å²) >= 11 is 12.1. The molecule has 0 bridgehead atoms. The summed E-state index contributed by atoms with van der Waals surface area (Å²) in [4.78, 5) is 30.2. The van der Waals surface area contributed by atoms with Gasteiger partial charge in [0.2, 0.25) is 0 Å². The third-order valence-corrected chi connectivity index (χ3v) is 4.63. The zero-order valence-electron chi connectivity index (χ0n) is 11.6. The highest BCUT2D eigenvalue weighted by Gasteiger charge is 2.37. The molecule has 0 unspecified atom stereocenters. The summed E-state index contributed by atoms with van der Waals surface area (Å²) in [6, 6.07) is 10.3. The summed E-state index contributed by atoms with van der Waals surface area (Å²) in [5, 5.41) is 0.612. The number of rotatable bonds is 2. The lowest BCUT2D eigenvalue weighted by atomic mass is 10.2. The first-order chi connectivity index (χ1) is 11.1. The van der Waals surface area contributed by atoms with Crippen molar-refractivity contribution in [1.82, 2.24) is 9.88 Å². The standard InChI is InChI=1S/C16H9ClN2O2S2/c17-12-5-3-10(4-6-12)8-13-15(21)19(16(22)23-13)14(20)11-2-1-7-18-9-11/h1-9H. The lowest BCUT2D eigenvalue weighted by Gasteiger charge is -2.11. The van der Waals surface area contributed by atoms with Gasteiger partial charge in [-0.3, -0.25) is 14.6 Å². The van der Waals surface area contributed by atoms with Crippen molar-refractivity contribution in [2.24, 2.45) is 0 Å². The number of amides is 2. The molecule has 0 radical (unpaired) electrons. The summed E-state index contributed by atoms with van der Waals surface area (Å²) < 4.78 is 0.212. The molecule has 3 rings (SSSR count). The molecule has 4 nitrogen and oxygen atoms in total. The van der Waals surface area contributed by atoms with Crippen LogP contribution in [-0.2, 0) is 4.79 Å². The molecule has 2 aromatic rings. The Hall–Kier alpha value is -2.02. The highest BCUT2D eigenvalue weighted by atomic mass is 35.5. The number of nitrogens with zero attached hydrogens (tertiary/aromatic N) is 2. The lowest BCUT2D eigenvalue weighted by Crippen LogP contribution is -2.34. The van der Waals surface area contributed by atoms with E-state index < -0.39 is 11.8 Å². The topological polar surface area (TPSA) is 50.3 Å². The molecule has 0 spiro atoms. The zero-order chi connectivity index (χ0) is 16.4. The Bertz CT molecular complexity index is 820. The van der Waals surface area contributed by atoms with E-state index in [0.717, 1.165) is 22.2 Å². The molecule has 2 heterocycles. The highest BCUT2D eigenvalue weighted by Crippen LogP contribution is 2.33. The first-order valence-corrected chi connectivity index (χ1v) is 8.14. The summed E-state index contributed by atoms with van der Waals surface area (Å²) in [6.45, 7) is 0. The van der Waals surface area contributed by atoms with Crippen LogP contribution >= 0.6 is 35.6 Å². The molecule has 0 saturated carbocycles.